The van der Waals surface area contributed by atoms with Gasteiger partial charge < -0.3 is 15.8 Å². The topological polar surface area (TPSA) is 76.4 Å². The normalized spacial score (nSPS) is 10.8. The van der Waals surface area contributed by atoms with E-state index in [-0.39, 0.29) is 6.54 Å². The van der Waals surface area contributed by atoms with Crippen molar-refractivity contribution in [3.63, 3.8) is 0 Å². The van der Waals surface area contributed by atoms with Gasteiger partial charge in [-0.1, -0.05) is 12.2 Å². The number of nitrogens with two attached hydrogens (primary N) is 1. The van der Waals surface area contributed by atoms with Crippen LogP contribution in [0.5, 0.6) is 0 Å². The first-order valence-electron chi connectivity index (χ1n) is 3.21. The number of nitrogens with zero attached hydrogens (tertiary/aromatic N) is 1. The van der Waals surface area contributed by atoms with E-state index in [0.717, 1.165) is 0 Å². The van der Waals surface area contributed by atoms with Crippen LogP contribution in [0, 0.1) is 5.21 Å². The van der Waals surface area contributed by atoms with Crippen LogP contribution in [0.1, 0.15) is 0 Å². The third-order valence-electron chi connectivity index (χ3n) is 0.835. The first kappa shape index (κ1) is 10.1. The predicted molar refractivity (Wildman–Crippen MR) is 44.7 cm³/mol. The van der Waals surface area contributed by atoms with Gasteiger partial charge in [0.05, 0.1) is 0 Å². The summed E-state index contributed by atoms with van der Waals surface area (Å²) in [7, 11) is 0. The van der Waals surface area contributed by atoms with Crippen LogP contribution in [0.2, 0.25) is 0 Å². The second-order valence-corrected chi connectivity index (χ2v) is 1.82. The Kier molecular flexibility index (Phi) is 6.65. The van der Waals surface area contributed by atoms with Gasteiger partial charge in [0.1, 0.15) is 0 Å². The minimum Gasteiger partial charge on any atom is -0.772 e. The molecule has 5 heteroatoms. The number of hydrazine groups is 2. The van der Waals surface area contributed by atoms with Crippen LogP contribution in [0.15, 0.2) is 24.9 Å². The van der Waals surface area contributed by atoms with Crippen LogP contribution < -0.4 is 16.7 Å². The summed E-state index contributed by atoms with van der Waals surface area (Å²) in [6, 6.07) is 0. The SMILES string of the molecule is C=CCNN/C=C/CN(N)[O-]. The van der Waals surface area contributed by atoms with E-state index >= 15 is 0 Å². The molecule has 0 spiro atoms. The molecule has 0 aromatic carbocycles. The fourth-order valence-corrected chi connectivity index (χ4v) is 0.406. The average Bonchev–Trinajstić information content (AvgIpc) is 1.96. The Bertz CT molecular complexity index is 124. The molecule has 4 N–H and O–H groups in total. The number of nitrogens with one attached hydrogen (secondary N) is 2. The van der Waals surface area contributed by atoms with E-state index in [9.17, 15) is 5.21 Å². The highest BCUT2D eigenvalue weighted by molar-refractivity contribution is 4.81. The Balaban J connectivity index is 3.09. The van der Waals surface area contributed by atoms with Crippen molar-refractivity contribution in [3.05, 3.63) is 30.1 Å². The maximum Gasteiger partial charge on any atom is 0.0326 e. The Morgan fingerprint density at radius 3 is 2.91 bits per heavy atom. The van der Waals surface area contributed by atoms with Crippen LogP contribution in [-0.2, 0) is 0 Å². The lowest BCUT2D eigenvalue weighted by atomic mass is 10.6. The molecule has 0 atom stereocenters. The fourth-order valence-electron chi connectivity index (χ4n) is 0.406. The first-order chi connectivity index (χ1) is 5.27. The van der Waals surface area contributed by atoms with Crippen LogP contribution in [0.4, 0.5) is 0 Å². The van der Waals surface area contributed by atoms with Crippen molar-refractivity contribution in [3.8, 4) is 0 Å². The molecule has 0 aliphatic carbocycles. The molecule has 0 fully saturated rings. The summed E-state index contributed by atoms with van der Waals surface area (Å²) < 4.78 is 0. The van der Waals surface area contributed by atoms with Gasteiger partial charge in [0.2, 0.25) is 0 Å². The van der Waals surface area contributed by atoms with Gasteiger partial charge in [-0.05, 0) is 0 Å². The van der Waals surface area contributed by atoms with Gasteiger partial charge in [0.15, 0.2) is 0 Å². The highest BCUT2D eigenvalue weighted by atomic mass is 16.5. The molecular weight excluding hydrogens is 144 g/mol. The van der Waals surface area contributed by atoms with E-state index < -0.39 is 0 Å². The molecule has 0 rings (SSSR count). The Morgan fingerprint density at radius 2 is 2.36 bits per heavy atom. The van der Waals surface area contributed by atoms with Gasteiger partial charge in [0, 0.05) is 19.3 Å². The van der Waals surface area contributed by atoms with Crippen molar-refractivity contribution in [2.45, 2.75) is 0 Å². The summed E-state index contributed by atoms with van der Waals surface area (Å²) in [5.74, 6) is 4.80. The number of hydrogen-bond donors (Lipinski definition) is 3. The molecule has 5 nitrogen and oxygen atoms in total. The summed E-state index contributed by atoms with van der Waals surface area (Å²) >= 11 is 0. The predicted octanol–water partition coefficient (Wildman–Crippen LogP) is -0.546. The fraction of sp³-hybridized carbons (Fsp3) is 0.333. The molecule has 0 aromatic heterocycles. The molecule has 0 saturated heterocycles. The molecule has 0 bridgehead atoms. The molecule has 64 valence electrons. The number of hydroxylamine groups is 1. The number of hydrogen-bond acceptors (Lipinski definition) is 5. The maximum atomic E-state index is 10.1. The standard InChI is InChI=1S/C6H13N4O/c1-2-4-8-9-5-3-6-10(7)11/h2-3,5,8-9H,1,4,6-7H2/q-1/b5-3+. The van der Waals surface area contributed by atoms with Gasteiger partial charge in [-0.2, -0.15) is 0 Å². The molecule has 0 unspecified atom stereocenters. The van der Waals surface area contributed by atoms with E-state index in [1.807, 2.05) is 0 Å². The van der Waals surface area contributed by atoms with E-state index in [0.29, 0.717) is 11.7 Å². The van der Waals surface area contributed by atoms with Crippen molar-refractivity contribution >= 4 is 0 Å². The second-order valence-electron chi connectivity index (χ2n) is 1.82. The van der Waals surface area contributed by atoms with Crippen molar-refractivity contribution in [2.24, 2.45) is 5.84 Å². The summed E-state index contributed by atoms with van der Waals surface area (Å²) in [6.45, 7) is 4.33. The van der Waals surface area contributed by atoms with Crippen molar-refractivity contribution < 1.29 is 0 Å². The first-order valence-corrected chi connectivity index (χ1v) is 3.21. The van der Waals surface area contributed by atoms with E-state index in [1.165, 1.54) is 0 Å². The highest BCUT2D eigenvalue weighted by Crippen LogP contribution is 1.71. The largest absolute Gasteiger partial charge is 0.772 e. The third-order valence-corrected chi connectivity index (χ3v) is 0.835. The Morgan fingerprint density at radius 1 is 1.64 bits per heavy atom. The van der Waals surface area contributed by atoms with Crippen LogP contribution >= 0.6 is 0 Å². The summed E-state index contributed by atoms with van der Waals surface area (Å²) in [4.78, 5) is 0. The van der Waals surface area contributed by atoms with E-state index in [4.69, 9.17) is 5.84 Å². The maximum absolute atomic E-state index is 10.1. The lowest BCUT2D eigenvalue weighted by molar-refractivity contribution is 0.440. The molecule has 0 aromatic rings. The zero-order chi connectivity index (χ0) is 8.53. The van der Waals surface area contributed by atoms with Gasteiger partial charge in [-0.3, -0.25) is 5.84 Å². The minimum atomic E-state index is 0.169. The van der Waals surface area contributed by atoms with Crippen molar-refractivity contribution in [1.82, 2.24) is 16.0 Å². The Labute approximate surface area is 66.1 Å². The zero-order valence-electron chi connectivity index (χ0n) is 6.29. The van der Waals surface area contributed by atoms with Gasteiger partial charge >= 0.3 is 0 Å². The smallest absolute Gasteiger partial charge is 0.0326 e. The molecule has 11 heavy (non-hydrogen) atoms. The molecule has 0 aliphatic heterocycles. The molecule has 0 radical (unpaired) electrons. The van der Waals surface area contributed by atoms with Gasteiger partial charge in [-0.25, -0.2) is 5.43 Å². The van der Waals surface area contributed by atoms with Crippen LogP contribution in [-0.4, -0.2) is 18.3 Å². The summed E-state index contributed by atoms with van der Waals surface area (Å²) in [6.07, 6.45) is 4.91. The van der Waals surface area contributed by atoms with Crippen molar-refractivity contribution in [1.29, 1.82) is 0 Å². The molecule has 0 amide bonds. The summed E-state index contributed by atoms with van der Waals surface area (Å²) in [5, 5.41) is 10.5. The number of rotatable bonds is 6. The molecular formula is C6H13N4O-. The van der Waals surface area contributed by atoms with Crippen LogP contribution in [0.3, 0.4) is 0 Å². The quantitative estimate of drug-likeness (QED) is 0.209. The minimum absolute atomic E-state index is 0.169. The third kappa shape index (κ3) is 9.12. The summed E-state index contributed by atoms with van der Waals surface area (Å²) in [5.41, 5.74) is 5.51. The van der Waals surface area contributed by atoms with Gasteiger partial charge in [0.25, 0.3) is 0 Å². The molecule has 0 aliphatic rings. The lowest BCUT2D eigenvalue weighted by Gasteiger charge is -2.18. The molecule has 0 saturated carbocycles. The van der Waals surface area contributed by atoms with Gasteiger partial charge in [-0.15, -0.1) is 6.58 Å². The highest BCUT2D eigenvalue weighted by Gasteiger charge is 1.74. The lowest BCUT2D eigenvalue weighted by Crippen LogP contribution is -2.28. The average molecular weight is 157 g/mol. The van der Waals surface area contributed by atoms with Crippen molar-refractivity contribution in [2.75, 3.05) is 13.1 Å². The second kappa shape index (κ2) is 7.23. The monoisotopic (exact) mass is 157 g/mol. The van der Waals surface area contributed by atoms with E-state index in [2.05, 4.69) is 17.4 Å². The Hall–Kier alpha value is -0.880. The molecule has 0 heterocycles. The van der Waals surface area contributed by atoms with Crippen LogP contribution in [0.25, 0.3) is 0 Å². The van der Waals surface area contributed by atoms with E-state index in [1.54, 1.807) is 18.4 Å². The zero-order valence-corrected chi connectivity index (χ0v) is 6.29.